The molecule has 1 saturated carbocycles. The Bertz CT molecular complexity index is 119. The first-order valence-electron chi connectivity index (χ1n) is 5.55. The van der Waals surface area contributed by atoms with Crippen molar-refractivity contribution in [2.24, 2.45) is 5.92 Å². The molecule has 1 nitrogen and oxygen atoms in total. The summed E-state index contributed by atoms with van der Waals surface area (Å²) in [5.74, 6) is 1.92. The first-order valence-corrected chi connectivity index (χ1v) is 6.18. The summed E-state index contributed by atoms with van der Waals surface area (Å²) in [6.07, 6.45) is 8.21. The van der Waals surface area contributed by atoms with Gasteiger partial charge in [0.25, 0.3) is 0 Å². The van der Waals surface area contributed by atoms with Crippen LogP contribution in [0.15, 0.2) is 0 Å². The van der Waals surface area contributed by atoms with Gasteiger partial charge in [-0.2, -0.15) is 12.6 Å². The van der Waals surface area contributed by atoms with Gasteiger partial charge in [-0.3, -0.25) is 0 Å². The van der Waals surface area contributed by atoms with Gasteiger partial charge in [0.15, 0.2) is 0 Å². The van der Waals surface area contributed by atoms with Gasteiger partial charge in [0, 0.05) is 6.61 Å². The minimum absolute atomic E-state index is 0.566. The van der Waals surface area contributed by atoms with Crippen LogP contribution >= 0.6 is 12.6 Å². The highest BCUT2D eigenvalue weighted by Crippen LogP contribution is 2.25. The van der Waals surface area contributed by atoms with Crippen molar-refractivity contribution in [1.82, 2.24) is 0 Å². The molecule has 0 bridgehead atoms. The van der Waals surface area contributed by atoms with Gasteiger partial charge < -0.3 is 4.74 Å². The van der Waals surface area contributed by atoms with Crippen LogP contribution in [0.4, 0.5) is 0 Å². The molecule has 0 aromatic heterocycles. The smallest absolute Gasteiger partial charge is 0.0575 e. The highest BCUT2D eigenvalue weighted by atomic mass is 32.1. The van der Waals surface area contributed by atoms with Crippen molar-refractivity contribution in [2.75, 3.05) is 12.4 Å². The molecule has 13 heavy (non-hydrogen) atoms. The normalized spacial score (nSPS) is 29.1. The zero-order chi connectivity index (χ0) is 9.52. The Kier molecular flexibility index (Phi) is 5.88. The van der Waals surface area contributed by atoms with Crippen molar-refractivity contribution in [3.63, 3.8) is 0 Å². The van der Waals surface area contributed by atoms with Gasteiger partial charge in [0.2, 0.25) is 0 Å². The van der Waals surface area contributed by atoms with E-state index < -0.39 is 0 Å². The summed E-state index contributed by atoms with van der Waals surface area (Å²) in [6.45, 7) is 3.29. The Morgan fingerprint density at radius 2 is 1.85 bits per heavy atom. The van der Waals surface area contributed by atoms with E-state index in [2.05, 4.69) is 19.6 Å². The van der Waals surface area contributed by atoms with Crippen LogP contribution in [0, 0.1) is 5.92 Å². The molecule has 1 aliphatic carbocycles. The van der Waals surface area contributed by atoms with Crippen molar-refractivity contribution in [1.29, 1.82) is 0 Å². The van der Waals surface area contributed by atoms with E-state index in [0.717, 1.165) is 18.3 Å². The molecular weight excluding hydrogens is 180 g/mol. The minimum Gasteiger partial charge on any atom is -0.378 e. The van der Waals surface area contributed by atoms with Crippen molar-refractivity contribution < 1.29 is 4.74 Å². The summed E-state index contributed by atoms with van der Waals surface area (Å²) < 4.78 is 5.80. The topological polar surface area (TPSA) is 9.23 Å². The lowest BCUT2D eigenvalue weighted by Gasteiger charge is -2.26. The van der Waals surface area contributed by atoms with Gasteiger partial charge in [-0.05, 0) is 50.2 Å². The number of thiol groups is 1. The molecule has 0 aliphatic heterocycles. The van der Waals surface area contributed by atoms with E-state index in [1.807, 2.05) is 0 Å². The van der Waals surface area contributed by atoms with E-state index in [9.17, 15) is 0 Å². The fourth-order valence-corrected chi connectivity index (χ4v) is 2.08. The molecule has 78 valence electrons. The average Bonchev–Trinajstić information content (AvgIpc) is 2.15. The second-order valence-corrected chi connectivity index (χ2v) is 4.63. The van der Waals surface area contributed by atoms with E-state index in [0.29, 0.717) is 6.10 Å². The second kappa shape index (κ2) is 6.72. The number of hydrogen-bond acceptors (Lipinski definition) is 2. The Labute approximate surface area is 87.7 Å². The molecule has 0 amide bonds. The zero-order valence-electron chi connectivity index (χ0n) is 8.67. The summed E-state index contributed by atoms with van der Waals surface area (Å²) in [4.78, 5) is 0. The zero-order valence-corrected chi connectivity index (χ0v) is 9.56. The Morgan fingerprint density at radius 1 is 1.15 bits per heavy atom. The summed E-state index contributed by atoms with van der Waals surface area (Å²) >= 11 is 4.18. The van der Waals surface area contributed by atoms with Crippen LogP contribution in [0.2, 0.25) is 0 Å². The van der Waals surface area contributed by atoms with Gasteiger partial charge in [-0.15, -0.1) is 0 Å². The maximum Gasteiger partial charge on any atom is 0.0575 e. The number of ether oxygens (including phenoxy) is 1. The summed E-state index contributed by atoms with van der Waals surface area (Å²) in [7, 11) is 0. The predicted molar refractivity (Wildman–Crippen MR) is 60.5 cm³/mol. The van der Waals surface area contributed by atoms with Gasteiger partial charge in [0.05, 0.1) is 6.10 Å². The predicted octanol–water partition coefficient (Wildman–Crippen LogP) is 3.29. The lowest BCUT2D eigenvalue weighted by molar-refractivity contribution is 0.0186. The lowest BCUT2D eigenvalue weighted by Crippen LogP contribution is -2.20. The van der Waals surface area contributed by atoms with Crippen LogP contribution in [-0.4, -0.2) is 18.5 Å². The standard InChI is InChI=1S/C11H22OS/c1-10-4-6-11(7-5-10)12-8-2-3-9-13/h10-11,13H,2-9H2,1H3. The van der Waals surface area contributed by atoms with Crippen LogP contribution < -0.4 is 0 Å². The van der Waals surface area contributed by atoms with Crippen molar-refractivity contribution >= 4 is 12.6 Å². The molecule has 0 radical (unpaired) electrons. The average molecular weight is 202 g/mol. The van der Waals surface area contributed by atoms with Gasteiger partial charge >= 0.3 is 0 Å². The van der Waals surface area contributed by atoms with Crippen LogP contribution in [-0.2, 0) is 4.74 Å². The molecule has 0 unspecified atom stereocenters. The molecule has 0 atom stereocenters. The Morgan fingerprint density at radius 3 is 2.46 bits per heavy atom. The maximum atomic E-state index is 5.80. The number of unbranched alkanes of at least 4 members (excludes halogenated alkanes) is 1. The molecule has 0 heterocycles. The highest BCUT2D eigenvalue weighted by molar-refractivity contribution is 7.80. The van der Waals surface area contributed by atoms with E-state index in [1.165, 1.54) is 38.5 Å². The summed E-state index contributed by atoms with van der Waals surface area (Å²) in [6, 6.07) is 0. The van der Waals surface area contributed by atoms with Crippen LogP contribution in [0.25, 0.3) is 0 Å². The van der Waals surface area contributed by atoms with Gasteiger partial charge in [0.1, 0.15) is 0 Å². The largest absolute Gasteiger partial charge is 0.378 e. The third kappa shape index (κ3) is 4.92. The Balaban J connectivity index is 1.96. The molecule has 1 rings (SSSR count). The van der Waals surface area contributed by atoms with E-state index in [1.54, 1.807) is 0 Å². The number of hydrogen-bond donors (Lipinski definition) is 1. The molecule has 1 aliphatic rings. The number of rotatable bonds is 5. The molecule has 0 spiro atoms. The highest BCUT2D eigenvalue weighted by Gasteiger charge is 2.17. The first-order chi connectivity index (χ1) is 6.33. The third-order valence-electron chi connectivity index (χ3n) is 2.87. The van der Waals surface area contributed by atoms with Crippen LogP contribution in [0.5, 0.6) is 0 Å². The van der Waals surface area contributed by atoms with E-state index >= 15 is 0 Å². The fraction of sp³-hybridized carbons (Fsp3) is 1.00. The molecule has 1 fully saturated rings. The monoisotopic (exact) mass is 202 g/mol. The second-order valence-electron chi connectivity index (χ2n) is 4.18. The Hall–Kier alpha value is 0.310. The molecule has 0 aromatic rings. The van der Waals surface area contributed by atoms with E-state index in [4.69, 9.17) is 4.74 Å². The van der Waals surface area contributed by atoms with Crippen molar-refractivity contribution in [3.05, 3.63) is 0 Å². The van der Waals surface area contributed by atoms with E-state index in [-0.39, 0.29) is 0 Å². The molecular formula is C11H22OS. The van der Waals surface area contributed by atoms with Crippen LogP contribution in [0.1, 0.15) is 45.4 Å². The summed E-state index contributed by atoms with van der Waals surface area (Å²) in [5, 5.41) is 0. The van der Waals surface area contributed by atoms with Gasteiger partial charge in [-0.1, -0.05) is 6.92 Å². The summed E-state index contributed by atoms with van der Waals surface area (Å²) in [5.41, 5.74) is 0. The van der Waals surface area contributed by atoms with Crippen molar-refractivity contribution in [2.45, 2.75) is 51.6 Å². The molecule has 0 saturated heterocycles. The fourth-order valence-electron chi connectivity index (χ4n) is 1.86. The molecule has 0 aromatic carbocycles. The van der Waals surface area contributed by atoms with Crippen molar-refractivity contribution in [3.8, 4) is 0 Å². The first kappa shape index (κ1) is 11.4. The third-order valence-corrected chi connectivity index (χ3v) is 3.19. The minimum atomic E-state index is 0.566. The SMILES string of the molecule is CC1CCC(OCCCCS)CC1. The molecule has 0 N–H and O–H groups in total. The molecule has 2 heteroatoms. The van der Waals surface area contributed by atoms with Crippen LogP contribution in [0.3, 0.4) is 0 Å². The quantitative estimate of drug-likeness (QED) is 0.531. The lowest BCUT2D eigenvalue weighted by atomic mass is 9.89. The maximum absolute atomic E-state index is 5.80. The van der Waals surface area contributed by atoms with Gasteiger partial charge in [-0.25, -0.2) is 0 Å².